The van der Waals surface area contributed by atoms with Crippen LogP contribution in [0.2, 0.25) is 0 Å². The largest absolute Gasteiger partial charge is 0.497 e. The lowest BCUT2D eigenvalue weighted by atomic mass is 9.97. The van der Waals surface area contributed by atoms with Crippen LogP contribution in [0.1, 0.15) is 53.0 Å². The van der Waals surface area contributed by atoms with Gasteiger partial charge in [-0.05, 0) is 53.2 Å². The molecule has 0 aromatic heterocycles. The molecule has 0 unspecified atom stereocenters. The molecule has 1 amide bonds. The maximum atomic E-state index is 12.4. The Balaban J connectivity index is 2.81. The third kappa shape index (κ3) is 8.18. The van der Waals surface area contributed by atoms with E-state index in [1.54, 1.807) is 52.8 Å². The van der Waals surface area contributed by atoms with Gasteiger partial charge < -0.3 is 29.4 Å². The second kappa shape index (κ2) is 10.2. The zero-order chi connectivity index (χ0) is 23.1. The Morgan fingerprint density at radius 1 is 0.967 bits per heavy atom. The number of ether oxygens (including phenoxy) is 4. The first kappa shape index (κ1) is 25.1. The minimum Gasteiger partial charge on any atom is -0.497 e. The molecule has 30 heavy (non-hydrogen) atoms. The highest BCUT2D eigenvalue weighted by Crippen LogP contribution is 2.32. The minimum absolute atomic E-state index is 0.132. The molecule has 1 atom stereocenters. The summed E-state index contributed by atoms with van der Waals surface area (Å²) in [6.45, 7) is 8.44. The van der Waals surface area contributed by atoms with Crippen LogP contribution in [0, 0.1) is 0 Å². The number of aliphatic carboxylic acids is 1. The summed E-state index contributed by atoms with van der Waals surface area (Å²) >= 11 is 0. The Hall–Kier alpha value is -2.97. The number of hydrogen-bond acceptors (Lipinski definition) is 7. The zero-order valence-electron chi connectivity index (χ0n) is 18.5. The highest BCUT2D eigenvalue weighted by molar-refractivity contribution is 5.81. The second-order valence-corrected chi connectivity index (χ2v) is 8.16. The Morgan fingerprint density at radius 2 is 1.50 bits per heavy atom. The van der Waals surface area contributed by atoms with Crippen LogP contribution in [0.25, 0.3) is 0 Å². The van der Waals surface area contributed by atoms with Gasteiger partial charge in [-0.15, -0.1) is 0 Å². The number of rotatable bonds is 9. The van der Waals surface area contributed by atoms with Crippen molar-refractivity contribution >= 4 is 18.0 Å². The van der Waals surface area contributed by atoms with Gasteiger partial charge in [0.05, 0.1) is 14.2 Å². The average molecular weight is 425 g/mol. The van der Waals surface area contributed by atoms with Crippen molar-refractivity contribution in [3.8, 4) is 11.5 Å². The molecule has 9 heteroatoms. The summed E-state index contributed by atoms with van der Waals surface area (Å²) in [7, 11) is 3.00. The quantitative estimate of drug-likeness (QED) is 0.579. The predicted octanol–water partition coefficient (Wildman–Crippen LogP) is 3.24. The second-order valence-electron chi connectivity index (χ2n) is 8.16. The molecule has 0 heterocycles. The number of carboxylic acids is 1. The van der Waals surface area contributed by atoms with Crippen molar-refractivity contribution in [3.05, 3.63) is 23.8 Å². The van der Waals surface area contributed by atoms with E-state index in [9.17, 15) is 19.5 Å². The van der Waals surface area contributed by atoms with E-state index in [2.05, 4.69) is 5.32 Å². The van der Waals surface area contributed by atoms with E-state index >= 15 is 0 Å². The molecule has 1 rings (SSSR count). The molecule has 0 saturated carbocycles. The van der Waals surface area contributed by atoms with E-state index in [1.807, 2.05) is 0 Å². The molecular formula is C21H31NO8. The highest BCUT2D eigenvalue weighted by atomic mass is 16.6. The van der Waals surface area contributed by atoms with Crippen molar-refractivity contribution < 1.29 is 38.4 Å². The number of nitrogens with one attached hydrogen (secondary N) is 1. The number of benzene rings is 1. The summed E-state index contributed by atoms with van der Waals surface area (Å²) < 4.78 is 21.1. The molecule has 1 aromatic rings. The van der Waals surface area contributed by atoms with Crippen molar-refractivity contribution in [2.45, 2.75) is 64.7 Å². The van der Waals surface area contributed by atoms with Gasteiger partial charge in [-0.1, -0.05) is 0 Å². The molecule has 9 nitrogen and oxygen atoms in total. The first-order chi connectivity index (χ1) is 13.8. The molecule has 0 aliphatic heterocycles. The van der Waals surface area contributed by atoms with Crippen LogP contribution in [-0.4, -0.2) is 49.0 Å². The fourth-order valence-electron chi connectivity index (χ4n) is 2.53. The summed E-state index contributed by atoms with van der Waals surface area (Å²) in [5, 5.41) is 11.7. The fraction of sp³-hybridized carbons (Fsp3) is 0.571. The monoisotopic (exact) mass is 425 g/mol. The number of carbonyl (C=O) groups is 3. The lowest BCUT2D eigenvalue weighted by Gasteiger charge is -2.27. The number of amides is 1. The number of carbonyl (C=O) groups excluding carboxylic acids is 2. The molecule has 0 aliphatic rings. The Labute approximate surface area is 176 Å². The average Bonchev–Trinajstić information content (AvgIpc) is 2.62. The van der Waals surface area contributed by atoms with Crippen LogP contribution in [0.15, 0.2) is 18.2 Å². The topological polar surface area (TPSA) is 120 Å². The van der Waals surface area contributed by atoms with Crippen molar-refractivity contribution in [1.29, 1.82) is 0 Å². The van der Waals surface area contributed by atoms with Crippen LogP contribution in [0.3, 0.4) is 0 Å². The van der Waals surface area contributed by atoms with Crippen LogP contribution in [0.5, 0.6) is 11.5 Å². The summed E-state index contributed by atoms with van der Waals surface area (Å²) in [5.41, 5.74) is -1.20. The van der Waals surface area contributed by atoms with Gasteiger partial charge in [-0.25, -0.2) is 9.59 Å². The van der Waals surface area contributed by atoms with Crippen molar-refractivity contribution in [1.82, 2.24) is 5.32 Å². The summed E-state index contributed by atoms with van der Waals surface area (Å²) in [4.78, 5) is 35.7. The first-order valence-corrected chi connectivity index (χ1v) is 9.45. The van der Waals surface area contributed by atoms with Gasteiger partial charge in [-0.3, -0.25) is 4.79 Å². The third-order valence-electron chi connectivity index (χ3n) is 4.04. The number of carboxylic acid groups (broad SMARTS) is 1. The molecule has 0 aliphatic carbocycles. The standard InChI is InChI=1S/C21H31NO8/c1-20(2,3)29-17(23)9-8-16(18(24)25)22-19(26)30-21(4,5)13-10-14(27-6)12-15(11-13)28-7/h10-12,16H,8-9H2,1-7H3,(H,22,26)(H,24,25)/t16-/m0/s1. The molecule has 0 fully saturated rings. The molecule has 0 saturated heterocycles. The Kier molecular flexibility index (Phi) is 8.50. The normalized spacial score (nSPS) is 12.5. The van der Waals surface area contributed by atoms with Crippen LogP contribution in [0.4, 0.5) is 4.79 Å². The lowest BCUT2D eigenvalue weighted by molar-refractivity contribution is -0.155. The molecule has 2 N–H and O–H groups in total. The lowest BCUT2D eigenvalue weighted by Crippen LogP contribution is -2.43. The van der Waals surface area contributed by atoms with Crippen LogP contribution >= 0.6 is 0 Å². The molecule has 1 aromatic carbocycles. The van der Waals surface area contributed by atoms with Crippen molar-refractivity contribution in [2.24, 2.45) is 0 Å². The Morgan fingerprint density at radius 3 is 1.93 bits per heavy atom. The zero-order valence-corrected chi connectivity index (χ0v) is 18.5. The molecule has 0 spiro atoms. The van der Waals surface area contributed by atoms with Gasteiger partial charge in [0.25, 0.3) is 0 Å². The van der Waals surface area contributed by atoms with E-state index in [-0.39, 0.29) is 12.8 Å². The number of alkyl carbamates (subject to hydrolysis) is 1. The summed E-state index contributed by atoms with van der Waals surface area (Å²) in [5.74, 6) is -0.798. The van der Waals surface area contributed by atoms with E-state index in [0.717, 1.165) is 0 Å². The Bertz CT molecular complexity index is 745. The summed E-state index contributed by atoms with van der Waals surface area (Å²) in [6.07, 6.45) is -1.23. The first-order valence-electron chi connectivity index (χ1n) is 9.45. The van der Waals surface area contributed by atoms with Crippen molar-refractivity contribution in [2.75, 3.05) is 14.2 Å². The smallest absolute Gasteiger partial charge is 0.408 e. The van der Waals surface area contributed by atoms with Gasteiger partial charge in [-0.2, -0.15) is 0 Å². The maximum Gasteiger partial charge on any atom is 0.408 e. The number of hydrogen-bond donors (Lipinski definition) is 2. The van der Waals surface area contributed by atoms with Crippen LogP contribution < -0.4 is 14.8 Å². The molecule has 168 valence electrons. The van der Waals surface area contributed by atoms with Gasteiger partial charge >= 0.3 is 18.0 Å². The SMILES string of the molecule is COc1cc(OC)cc(C(C)(C)OC(=O)N[C@@H](CCC(=O)OC(C)(C)C)C(=O)O)c1. The van der Waals surface area contributed by atoms with Crippen LogP contribution in [-0.2, 0) is 24.7 Å². The number of methoxy groups -OCH3 is 2. The molecule has 0 bridgehead atoms. The van der Waals surface area contributed by atoms with E-state index in [0.29, 0.717) is 17.1 Å². The minimum atomic E-state index is -1.30. The van der Waals surface area contributed by atoms with E-state index in [4.69, 9.17) is 18.9 Å². The summed E-state index contributed by atoms with van der Waals surface area (Å²) in [6, 6.07) is 3.75. The molecular weight excluding hydrogens is 394 g/mol. The van der Waals surface area contributed by atoms with Gasteiger partial charge in [0.2, 0.25) is 0 Å². The highest BCUT2D eigenvalue weighted by Gasteiger charge is 2.30. The number of esters is 1. The van der Waals surface area contributed by atoms with Gasteiger partial charge in [0.1, 0.15) is 28.7 Å². The van der Waals surface area contributed by atoms with Crippen molar-refractivity contribution in [3.63, 3.8) is 0 Å². The van der Waals surface area contributed by atoms with E-state index < -0.39 is 35.3 Å². The predicted molar refractivity (Wildman–Crippen MR) is 109 cm³/mol. The fourth-order valence-corrected chi connectivity index (χ4v) is 2.53. The third-order valence-corrected chi connectivity index (χ3v) is 4.04. The van der Waals surface area contributed by atoms with E-state index in [1.165, 1.54) is 14.2 Å². The maximum absolute atomic E-state index is 12.4. The van der Waals surface area contributed by atoms with Gasteiger partial charge in [0, 0.05) is 18.1 Å². The van der Waals surface area contributed by atoms with Gasteiger partial charge in [0.15, 0.2) is 0 Å². The molecule has 0 radical (unpaired) electrons.